The molecule has 0 rings (SSSR count). The Morgan fingerprint density at radius 2 is 0.841 bits per heavy atom. The molecule has 0 aromatic carbocycles. The van der Waals surface area contributed by atoms with Crippen LogP contribution in [-0.2, 0) is 4.79 Å². The molecule has 0 aliphatic heterocycles. The summed E-state index contributed by atoms with van der Waals surface area (Å²) >= 11 is 0. The van der Waals surface area contributed by atoms with E-state index in [1.54, 1.807) is 6.08 Å². The Morgan fingerprint density at radius 3 is 1.18 bits per heavy atom. The molecule has 0 fully saturated rings. The molecule has 0 radical (unpaired) electrons. The second-order valence-electron chi connectivity index (χ2n) is 13.7. The average molecular weight is 622 g/mol. The number of aliphatic hydroxyl groups is 2. The Balaban J connectivity index is 3.54. The summed E-state index contributed by atoms with van der Waals surface area (Å²) < 4.78 is 0. The van der Waals surface area contributed by atoms with E-state index in [2.05, 4.69) is 19.2 Å². The highest BCUT2D eigenvalue weighted by Crippen LogP contribution is 2.15. The summed E-state index contributed by atoms with van der Waals surface area (Å²) in [7, 11) is 0. The van der Waals surface area contributed by atoms with Crippen LogP contribution in [0.5, 0.6) is 0 Å². The van der Waals surface area contributed by atoms with Gasteiger partial charge in [0.25, 0.3) is 0 Å². The molecule has 0 aromatic rings. The van der Waals surface area contributed by atoms with Crippen molar-refractivity contribution in [1.82, 2.24) is 5.32 Å². The lowest BCUT2D eigenvalue weighted by Gasteiger charge is -2.20. The molecule has 2 atom stereocenters. The minimum absolute atomic E-state index is 0.0613. The van der Waals surface area contributed by atoms with Gasteiger partial charge in [-0.3, -0.25) is 4.79 Å². The first-order valence-corrected chi connectivity index (χ1v) is 19.9. The predicted molar refractivity (Wildman–Crippen MR) is 193 cm³/mol. The maximum atomic E-state index is 12.3. The molecule has 3 N–H and O–H groups in total. The molecule has 1 amide bonds. The Bertz CT molecular complexity index is 593. The number of allylic oxidation sites excluding steroid dienone is 1. The van der Waals surface area contributed by atoms with Gasteiger partial charge in [-0.25, -0.2) is 0 Å². The third-order valence-corrected chi connectivity index (χ3v) is 9.27. The van der Waals surface area contributed by atoms with Gasteiger partial charge in [-0.1, -0.05) is 206 Å². The zero-order valence-corrected chi connectivity index (χ0v) is 29.9. The number of amides is 1. The fourth-order valence-corrected chi connectivity index (χ4v) is 6.18. The van der Waals surface area contributed by atoms with Crippen LogP contribution in [0.4, 0.5) is 0 Å². The largest absolute Gasteiger partial charge is 0.394 e. The van der Waals surface area contributed by atoms with Crippen LogP contribution in [0.1, 0.15) is 219 Å². The highest BCUT2D eigenvalue weighted by molar-refractivity contribution is 5.76. The van der Waals surface area contributed by atoms with Crippen LogP contribution in [0.2, 0.25) is 0 Å². The molecule has 0 spiro atoms. The summed E-state index contributed by atoms with van der Waals surface area (Å²) in [6.45, 7) is 4.31. The zero-order valence-electron chi connectivity index (χ0n) is 29.9. The van der Waals surface area contributed by atoms with Crippen molar-refractivity contribution in [2.24, 2.45) is 0 Å². The van der Waals surface area contributed by atoms with E-state index in [0.29, 0.717) is 6.42 Å². The highest BCUT2D eigenvalue weighted by Gasteiger charge is 2.17. The van der Waals surface area contributed by atoms with Gasteiger partial charge in [0.15, 0.2) is 0 Å². The van der Waals surface area contributed by atoms with Gasteiger partial charge in [0.1, 0.15) is 0 Å². The standard InChI is InChI=1S/C40H79NO3/c1-3-5-7-9-11-13-15-17-18-19-20-21-22-24-26-28-30-32-34-36-40(44)41-38(37-42)39(43)35-33-31-29-27-25-23-16-14-12-10-8-6-4-2/h33,35,38-39,42-43H,3-32,34,36-37H2,1-2H3,(H,41,44)/b35-33+/t38-,39+/m0/s1. The van der Waals surface area contributed by atoms with Crippen LogP contribution in [0.15, 0.2) is 12.2 Å². The summed E-state index contributed by atoms with van der Waals surface area (Å²) in [5.74, 6) is -0.0613. The molecule has 0 aliphatic carbocycles. The fraction of sp³-hybridized carbons (Fsp3) is 0.925. The molecule has 4 heteroatoms. The van der Waals surface area contributed by atoms with Crippen LogP contribution in [0.25, 0.3) is 0 Å². The summed E-state index contributed by atoms with van der Waals surface area (Å²) in [6.07, 6.45) is 44.5. The number of unbranched alkanes of at least 4 members (excludes halogenated alkanes) is 29. The summed E-state index contributed by atoms with van der Waals surface area (Å²) in [5, 5.41) is 22.9. The fourth-order valence-electron chi connectivity index (χ4n) is 6.18. The SMILES string of the molecule is CCCCCCCCCCCCC/C=C/[C@@H](O)[C@H](CO)NC(=O)CCCCCCCCCCCCCCCCCCCCC. The van der Waals surface area contributed by atoms with Gasteiger partial charge in [-0.15, -0.1) is 0 Å². The Hall–Kier alpha value is -0.870. The molecule has 0 aromatic heterocycles. The smallest absolute Gasteiger partial charge is 0.220 e. The first-order chi connectivity index (χ1) is 21.7. The van der Waals surface area contributed by atoms with Gasteiger partial charge in [0, 0.05) is 6.42 Å². The molecule has 0 aliphatic rings. The molecule has 262 valence electrons. The molecule has 0 saturated carbocycles. The lowest BCUT2D eigenvalue weighted by Crippen LogP contribution is -2.45. The maximum Gasteiger partial charge on any atom is 0.220 e. The van der Waals surface area contributed by atoms with Crippen molar-refractivity contribution in [3.8, 4) is 0 Å². The molecule has 44 heavy (non-hydrogen) atoms. The topological polar surface area (TPSA) is 69.6 Å². The van der Waals surface area contributed by atoms with Crippen molar-refractivity contribution in [3.63, 3.8) is 0 Å². The molecule has 0 bridgehead atoms. The van der Waals surface area contributed by atoms with E-state index in [1.807, 2.05) is 6.08 Å². The molecule has 4 nitrogen and oxygen atoms in total. The zero-order chi connectivity index (χ0) is 32.2. The van der Waals surface area contributed by atoms with E-state index in [-0.39, 0.29) is 12.5 Å². The molecular formula is C40H79NO3. The average Bonchev–Trinajstić information content (AvgIpc) is 3.03. The number of carbonyl (C=O) groups excluding carboxylic acids is 1. The van der Waals surface area contributed by atoms with Crippen molar-refractivity contribution in [2.75, 3.05) is 6.61 Å². The van der Waals surface area contributed by atoms with Crippen LogP contribution < -0.4 is 5.32 Å². The van der Waals surface area contributed by atoms with Crippen LogP contribution in [0.3, 0.4) is 0 Å². The number of rotatable bonds is 36. The number of hydrogen-bond acceptors (Lipinski definition) is 3. The van der Waals surface area contributed by atoms with Crippen molar-refractivity contribution in [2.45, 2.75) is 231 Å². The minimum Gasteiger partial charge on any atom is -0.394 e. The number of aliphatic hydroxyl groups excluding tert-OH is 2. The van der Waals surface area contributed by atoms with Crippen LogP contribution in [0, 0.1) is 0 Å². The van der Waals surface area contributed by atoms with Crippen LogP contribution in [-0.4, -0.2) is 34.9 Å². The van der Waals surface area contributed by atoms with Crippen molar-refractivity contribution in [3.05, 3.63) is 12.2 Å². The van der Waals surface area contributed by atoms with E-state index in [1.165, 1.54) is 173 Å². The third-order valence-electron chi connectivity index (χ3n) is 9.27. The summed E-state index contributed by atoms with van der Waals surface area (Å²) in [4.78, 5) is 12.3. The van der Waals surface area contributed by atoms with Gasteiger partial charge in [0.05, 0.1) is 18.8 Å². The second kappa shape index (κ2) is 36.6. The lowest BCUT2D eigenvalue weighted by atomic mass is 10.0. The molecular weight excluding hydrogens is 542 g/mol. The Kier molecular flexibility index (Phi) is 35.9. The van der Waals surface area contributed by atoms with Crippen molar-refractivity contribution < 1.29 is 15.0 Å². The summed E-state index contributed by atoms with van der Waals surface area (Å²) in [6, 6.07) is -0.614. The van der Waals surface area contributed by atoms with Gasteiger partial charge < -0.3 is 15.5 Å². The monoisotopic (exact) mass is 622 g/mol. The van der Waals surface area contributed by atoms with Crippen LogP contribution >= 0.6 is 0 Å². The third kappa shape index (κ3) is 32.5. The Morgan fingerprint density at radius 1 is 0.523 bits per heavy atom. The first kappa shape index (κ1) is 43.1. The number of hydrogen-bond donors (Lipinski definition) is 3. The predicted octanol–water partition coefficient (Wildman–Crippen LogP) is 11.9. The lowest BCUT2D eigenvalue weighted by molar-refractivity contribution is -0.123. The Labute approximate surface area is 276 Å². The number of carbonyl (C=O) groups is 1. The van der Waals surface area contributed by atoms with E-state index >= 15 is 0 Å². The minimum atomic E-state index is -0.832. The van der Waals surface area contributed by atoms with Crippen molar-refractivity contribution >= 4 is 5.91 Å². The van der Waals surface area contributed by atoms with E-state index in [0.717, 1.165) is 25.7 Å². The first-order valence-electron chi connectivity index (χ1n) is 19.9. The highest BCUT2D eigenvalue weighted by atomic mass is 16.3. The summed E-state index contributed by atoms with van der Waals surface area (Å²) in [5.41, 5.74) is 0. The second-order valence-corrected chi connectivity index (χ2v) is 13.7. The number of nitrogens with one attached hydrogen (secondary N) is 1. The van der Waals surface area contributed by atoms with Gasteiger partial charge in [-0.05, 0) is 19.3 Å². The maximum absolute atomic E-state index is 12.3. The normalized spacial score (nSPS) is 13.1. The van der Waals surface area contributed by atoms with Gasteiger partial charge in [0.2, 0.25) is 5.91 Å². The van der Waals surface area contributed by atoms with Crippen molar-refractivity contribution in [1.29, 1.82) is 0 Å². The quantitative estimate of drug-likeness (QED) is 0.0481. The van der Waals surface area contributed by atoms with Gasteiger partial charge in [-0.2, -0.15) is 0 Å². The molecule has 0 unspecified atom stereocenters. The molecule has 0 heterocycles. The van der Waals surface area contributed by atoms with E-state index in [4.69, 9.17) is 0 Å². The van der Waals surface area contributed by atoms with E-state index in [9.17, 15) is 15.0 Å². The van der Waals surface area contributed by atoms with E-state index < -0.39 is 12.1 Å². The molecule has 0 saturated heterocycles. The van der Waals surface area contributed by atoms with Gasteiger partial charge >= 0.3 is 0 Å².